The molecular formula is C27H34N2O8S2. The van der Waals surface area contributed by atoms with Gasteiger partial charge in [-0.2, -0.15) is 0 Å². The molecule has 0 unspecified atom stereocenters. The third-order valence-electron chi connectivity index (χ3n) is 5.08. The van der Waals surface area contributed by atoms with Crippen molar-refractivity contribution in [3.05, 3.63) is 59.1 Å². The molecule has 0 aliphatic rings. The van der Waals surface area contributed by atoms with E-state index >= 15 is 0 Å². The highest BCUT2D eigenvalue weighted by Crippen LogP contribution is 2.33. The Morgan fingerprint density at radius 3 is 2.33 bits per heavy atom. The predicted octanol–water partition coefficient (Wildman–Crippen LogP) is 6.06. The molecule has 1 aromatic carbocycles. The van der Waals surface area contributed by atoms with Crippen LogP contribution in [0.5, 0.6) is 5.75 Å². The number of carbonyl (C=O) groups is 2. The molecule has 10 nitrogen and oxygen atoms in total. The Morgan fingerprint density at radius 2 is 1.69 bits per heavy atom. The van der Waals surface area contributed by atoms with Gasteiger partial charge in [-0.1, -0.05) is 18.2 Å². The number of carbonyl (C=O) groups excluding carboxylic acids is 2. The minimum absolute atomic E-state index is 0.292. The summed E-state index contributed by atoms with van der Waals surface area (Å²) in [5.74, 6) is -0.677. The molecule has 0 bridgehead atoms. The van der Waals surface area contributed by atoms with E-state index in [1.165, 1.54) is 24.6 Å². The van der Waals surface area contributed by atoms with Gasteiger partial charge < -0.3 is 14.2 Å². The number of hydrogen-bond donors (Lipinski definition) is 0. The predicted molar refractivity (Wildman–Crippen MR) is 148 cm³/mol. The first-order chi connectivity index (χ1) is 18.1. The van der Waals surface area contributed by atoms with Crippen LogP contribution in [-0.4, -0.2) is 54.8 Å². The Labute approximate surface area is 232 Å². The second kappa shape index (κ2) is 11.8. The number of hydrogen-bond acceptors (Lipinski definition) is 10. The van der Waals surface area contributed by atoms with Gasteiger partial charge in [-0.15, -0.1) is 16.4 Å². The maximum absolute atomic E-state index is 13.6. The van der Waals surface area contributed by atoms with Crippen molar-refractivity contribution in [2.45, 2.75) is 64.5 Å². The number of rotatable bonds is 7. The molecule has 0 N–H and O–H groups in total. The van der Waals surface area contributed by atoms with Crippen LogP contribution < -0.4 is 4.74 Å². The maximum Gasteiger partial charge on any atom is 0.534 e. The number of amides is 1. The van der Waals surface area contributed by atoms with Crippen molar-refractivity contribution in [1.82, 2.24) is 10.0 Å². The van der Waals surface area contributed by atoms with Gasteiger partial charge in [0, 0.05) is 17.1 Å². The summed E-state index contributed by atoms with van der Waals surface area (Å²) < 4.78 is 43.3. The number of pyridine rings is 1. The van der Waals surface area contributed by atoms with Gasteiger partial charge in [0.1, 0.15) is 27.8 Å². The molecular weight excluding hydrogens is 544 g/mol. The van der Waals surface area contributed by atoms with Crippen LogP contribution in [0.2, 0.25) is 0 Å². The molecule has 0 saturated heterocycles. The van der Waals surface area contributed by atoms with Crippen molar-refractivity contribution in [2.75, 3.05) is 12.9 Å². The summed E-state index contributed by atoms with van der Waals surface area (Å²) in [4.78, 5) is 36.6. The average Bonchev–Trinajstić information content (AvgIpc) is 3.26. The number of hydroxylamine groups is 2. The lowest BCUT2D eigenvalue weighted by Gasteiger charge is -2.32. The molecule has 0 spiro atoms. The molecule has 212 valence electrons. The van der Waals surface area contributed by atoms with Crippen molar-refractivity contribution in [2.24, 2.45) is 0 Å². The first kappa shape index (κ1) is 30.2. The zero-order valence-corrected chi connectivity index (χ0v) is 24.7. The zero-order valence-electron chi connectivity index (χ0n) is 23.1. The zero-order chi connectivity index (χ0) is 29.0. The molecule has 3 rings (SSSR count). The Kier molecular flexibility index (Phi) is 9.12. The van der Waals surface area contributed by atoms with Gasteiger partial charge in [0.05, 0.1) is 18.6 Å². The van der Waals surface area contributed by atoms with Crippen molar-refractivity contribution in [3.63, 3.8) is 0 Å². The van der Waals surface area contributed by atoms with Crippen LogP contribution in [0.3, 0.4) is 0 Å². The summed E-state index contributed by atoms with van der Waals surface area (Å²) in [6.45, 7) is 9.81. The lowest BCUT2D eigenvalue weighted by Crippen LogP contribution is -2.44. The van der Waals surface area contributed by atoms with Crippen molar-refractivity contribution >= 4 is 43.6 Å². The van der Waals surface area contributed by atoms with Gasteiger partial charge in [-0.05, 0) is 70.7 Å². The molecule has 0 radical (unpaired) electrons. The molecule has 2 aromatic heterocycles. The second-order valence-corrected chi connectivity index (χ2v) is 13.8. The van der Waals surface area contributed by atoms with Crippen molar-refractivity contribution in [1.29, 1.82) is 0 Å². The number of benzene rings is 1. The highest BCUT2D eigenvalue weighted by molar-refractivity contribution is 7.90. The highest BCUT2D eigenvalue weighted by atomic mass is 32.2. The summed E-state index contributed by atoms with van der Waals surface area (Å²) in [5, 5.41) is 3.31. The largest absolute Gasteiger partial charge is 0.534 e. The summed E-state index contributed by atoms with van der Waals surface area (Å²) in [7, 11) is -2.51. The Balaban J connectivity index is 2.04. The third-order valence-corrected chi connectivity index (χ3v) is 7.51. The SMILES string of the molecule is COc1ccccc1[C@@H](CS(=O)(=O)Cc1cnc2sccc2c1)N(OC(=O)OC(C)(C)C)C(=O)OC(C)(C)C. The van der Waals surface area contributed by atoms with E-state index in [0.29, 0.717) is 21.9 Å². The number of ether oxygens (including phenoxy) is 3. The molecule has 2 heterocycles. The number of fused-ring (bicyclic) bond motifs is 1. The lowest BCUT2D eigenvalue weighted by molar-refractivity contribution is -0.153. The standard InChI is InChI=1S/C27H34N2O8S2/c1-26(2,3)35-24(30)29(37-25(31)36-27(4,5)6)21(20-10-8-9-11-22(20)34-7)17-39(32,33)16-18-14-19-12-13-38-23(19)28-15-18/h8-15,21H,16-17H2,1-7H3/t21-/m1/s1. The van der Waals surface area contributed by atoms with Crippen LogP contribution in [-0.2, 0) is 29.9 Å². The second-order valence-electron chi connectivity index (χ2n) is 10.8. The fraction of sp³-hybridized carbons (Fsp3) is 0.444. The van der Waals surface area contributed by atoms with Crippen LogP contribution in [0.1, 0.15) is 58.7 Å². The van der Waals surface area contributed by atoms with Crippen molar-refractivity contribution in [3.8, 4) is 5.75 Å². The van der Waals surface area contributed by atoms with Gasteiger partial charge in [-0.3, -0.25) is 4.84 Å². The number of para-hydroxylation sites is 1. The minimum Gasteiger partial charge on any atom is -0.496 e. The summed E-state index contributed by atoms with van der Waals surface area (Å²) in [6.07, 6.45) is -0.754. The van der Waals surface area contributed by atoms with E-state index in [1.807, 2.05) is 11.4 Å². The van der Waals surface area contributed by atoms with Gasteiger partial charge in [0.25, 0.3) is 0 Å². The number of methoxy groups -OCH3 is 1. The Bertz CT molecular complexity index is 1420. The number of nitrogens with zero attached hydrogens (tertiary/aromatic N) is 2. The van der Waals surface area contributed by atoms with E-state index in [1.54, 1.807) is 71.9 Å². The van der Waals surface area contributed by atoms with E-state index in [-0.39, 0.29) is 5.75 Å². The molecule has 3 aromatic rings. The van der Waals surface area contributed by atoms with Crippen LogP contribution in [0.25, 0.3) is 10.2 Å². The first-order valence-electron chi connectivity index (χ1n) is 12.2. The summed E-state index contributed by atoms with van der Waals surface area (Å²) in [5.41, 5.74) is -1.13. The molecule has 39 heavy (non-hydrogen) atoms. The number of sulfone groups is 1. The average molecular weight is 579 g/mol. The van der Waals surface area contributed by atoms with E-state index in [9.17, 15) is 18.0 Å². The highest BCUT2D eigenvalue weighted by Gasteiger charge is 2.38. The van der Waals surface area contributed by atoms with Crippen molar-refractivity contribution < 1.29 is 37.1 Å². The molecule has 0 aliphatic carbocycles. The van der Waals surface area contributed by atoms with E-state index in [0.717, 1.165) is 10.2 Å². The summed E-state index contributed by atoms with van der Waals surface area (Å²) >= 11 is 1.45. The monoisotopic (exact) mass is 578 g/mol. The Morgan fingerprint density at radius 1 is 1.03 bits per heavy atom. The number of thiophene rings is 1. The molecule has 0 saturated carbocycles. The topological polar surface area (TPSA) is 121 Å². The van der Waals surface area contributed by atoms with Gasteiger partial charge in [0.2, 0.25) is 0 Å². The quantitative estimate of drug-likeness (QED) is 0.243. The van der Waals surface area contributed by atoms with E-state index in [2.05, 4.69) is 4.98 Å². The van der Waals surface area contributed by atoms with Crippen LogP contribution in [0, 0.1) is 0 Å². The molecule has 12 heteroatoms. The van der Waals surface area contributed by atoms with E-state index < -0.39 is 45.1 Å². The molecule has 1 amide bonds. The van der Waals surface area contributed by atoms with Gasteiger partial charge in [0.15, 0.2) is 9.84 Å². The molecule has 1 atom stereocenters. The smallest absolute Gasteiger partial charge is 0.496 e. The fourth-order valence-electron chi connectivity index (χ4n) is 3.65. The first-order valence-corrected chi connectivity index (χ1v) is 14.9. The molecule has 0 fully saturated rings. The lowest BCUT2D eigenvalue weighted by atomic mass is 10.1. The minimum atomic E-state index is -3.93. The van der Waals surface area contributed by atoms with Crippen LogP contribution in [0.15, 0.2) is 48.0 Å². The van der Waals surface area contributed by atoms with Crippen LogP contribution >= 0.6 is 11.3 Å². The maximum atomic E-state index is 13.6. The fourth-order valence-corrected chi connectivity index (χ4v) is 5.95. The number of aromatic nitrogens is 1. The van der Waals surface area contributed by atoms with Gasteiger partial charge in [-0.25, -0.2) is 23.0 Å². The Hall–Kier alpha value is -3.38. The van der Waals surface area contributed by atoms with E-state index in [4.69, 9.17) is 19.0 Å². The molecule has 0 aliphatic heterocycles. The third kappa shape index (κ3) is 8.82. The normalized spacial score (nSPS) is 13.0. The van der Waals surface area contributed by atoms with Gasteiger partial charge >= 0.3 is 12.2 Å². The van der Waals surface area contributed by atoms with Crippen LogP contribution in [0.4, 0.5) is 9.59 Å². The summed E-state index contributed by atoms with van der Waals surface area (Å²) in [6, 6.07) is 8.86.